The average molecular weight is 309 g/mol. The van der Waals surface area contributed by atoms with Crippen molar-refractivity contribution >= 4 is 27.5 Å². The van der Waals surface area contributed by atoms with Gasteiger partial charge in [-0.2, -0.15) is 5.10 Å². The number of aromatic nitrogens is 2. The van der Waals surface area contributed by atoms with E-state index in [1.807, 2.05) is 24.7 Å². The molecule has 0 saturated heterocycles. The Morgan fingerprint density at radius 3 is 2.81 bits per heavy atom. The Labute approximate surface area is 129 Å². The van der Waals surface area contributed by atoms with Crippen LogP contribution in [0.1, 0.15) is 48.5 Å². The van der Waals surface area contributed by atoms with Gasteiger partial charge in [0, 0.05) is 25.6 Å². The number of aliphatic hydroxyl groups is 1. The number of hydrogen-bond donors (Lipinski definition) is 2. The van der Waals surface area contributed by atoms with Crippen LogP contribution < -0.4 is 5.32 Å². The third kappa shape index (κ3) is 3.44. The molecule has 1 amide bonds. The van der Waals surface area contributed by atoms with E-state index in [9.17, 15) is 4.79 Å². The van der Waals surface area contributed by atoms with E-state index in [4.69, 9.17) is 5.11 Å². The highest BCUT2D eigenvalue weighted by molar-refractivity contribution is 7.20. The maximum atomic E-state index is 12.2. The van der Waals surface area contributed by atoms with E-state index in [0.717, 1.165) is 20.8 Å². The molecule has 0 aliphatic carbocycles. The SMILES string of the molecule is CC(CCO)CNC(=O)c1cc2c(C(C)C)nn(C)c2s1. The minimum atomic E-state index is -0.0457. The Balaban J connectivity index is 2.15. The van der Waals surface area contributed by atoms with Crippen LogP contribution in [-0.4, -0.2) is 33.9 Å². The first-order valence-corrected chi connectivity index (χ1v) is 8.11. The van der Waals surface area contributed by atoms with Crippen molar-refractivity contribution in [3.63, 3.8) is 0 Å². The second kappa shape index (κ2) is 6.58. The minimum Gasteiger partial charge on any atom is -0.396 e. The first kappa shape index (κ1) is 16.0. The Kier molecular flexibility index (Phi) is 5.00. The number of rotatable bonds is 6. The van der Waals surface area contributed by atoms with E-state index in [1.165, 1.54) is 11.3 Å². The Bertz CT molecular complexity index is 630. The second-order valence-corrected chi connectivity index (χ2v) is 6.85. The van der Waals surface area contributed by atoms with Crippen LogP contribution in [-0.2, 0) is 7.05 Å². The molecule has 5 nitrogen and oxygen atoms in total. The molecule has 0 aliphatic heterocycles. The van der Waals surface area contributed by atoms with Gasteiger partial charge in [0.1, 0.15) is 4.83 Å². The van der Waals surface area contributed by atoms with E-state index in [0.29, 0.717) is 18.9 Å². The fourth-order valence-corrected chi connectivity index (χ4v) is 3.28. The molecular weight excluding hydrogens is 286 g/mol. The molecule has 2 aromatic heterocycles. The lowest BCUT2D eigenvalue weighted by Gasteiger charge is -2.10. The van der Waals surface area contributed by atoms with Crippen molar-refractivity contribution in [1.82, 2.24) is 15.1 Å². The Morgan fingerprint density at radius 2 is 2.19 bits per heavy atom. The number of aliphatic hydroxyl groups excluding tert-OH is 1. The van der Waals surface area contributed by atoms with Crippen molar-refractivity contribution in [2.24, 2.45) is 13.0 Å². The fourth-order valence-electron chi connectivity index (χ4n) is 2.28. The standard InChI is InChI=1S/C15H23N3O2S/c1-9(2)13-11-7-12(21-15(11)18(4)17-13)14(20)16-8-10(3)5-6-19/h7,9-10,19H,5-6,8H2,1-4H3,(H,16,20). The van der Waals surface area contributed by atoms with Crippen molar-refractivity contribution in [1.29, 1.82) is 0 Å². The second-order valence-electron chi connectivity index (χ2n) is 5.82. The number of thiophene rings is 1. The highest BCUT2D eigenvalue weighted by Crippen LogP contribution is 2.31. The first-order chi connectivity index (χ1) is 9.93. The Hall–Kier alpha value is -1.40. The van der Waals surface area contributed by atoms with Crippen LogP contribution in [0.3, 0.4) is 0 Å². The predicted octanol–water partition coefficient (Wildman–Crippen LogP) is 2.51. The molecule has 116 valence electrons. The number of nitrogens with one attached hydrogen (secondary N) is 1. The number of nitrogens with zero attached hydrogens (tertiary/aromatic N) is 2. The number of carbonyl (C=O) groups excluding carboxylic acids is 1. The van der Waals surface area contributed by atoms with Gasteiger partial charge in [-0.1, -0.05) is 20.8 Å². The molecule has 0 saturated carbocycles. The molecule has 2 heterocycles. The van der Waals surface area contributed by atoms with Gasteiger partial charge in [0.15, 0.2) is 0 Å². The summed E-state index contributed by atoms with van der Waals surface area (Å²) in [4.78, 5) is 14.0. The van der Waals surface area contributed by atoms with Gasteiger partial charge in [0.25, 0.3) is 5.91 Å². The molecule has 2 rings (SSSR count). The first-order valence-electron chi connectivity index (χ1n) is 7.29. The zero-order chi connectivity index (χ0) is 15.6. The van der Waals surface area contributed by atoms with Gasteiger partial charge in [-0.25, -0.2) is 0 Å². The highest BCUT2D eigenvalue weighted by atomic mass is 32.1. The van der Waals surface area contributed by atoms with Crippen LogP contribution in [0.5, 0.6) is 0 Å². The lowest BCUT2D eigenvalue weighted by Crippen LogP contribution is -2.28. The van der Waals surface area contributed by atoms with E-state index < -0.39 is 0 Å². The lowest BCUT2D eigenvalue weighted by molar-refractivity contribution is 0.0949. The van der Waals surface area contributed by atoms with Crippen LogP contribution >= 0.6 is 11.3 Å². The minimum absolute atomic E-state index is 0.0457. The molecule has 2 aromatic rings. The number of fused-ring (bicyclic) bond motifs is 1. The average Bonchev–Trinajstić information content (AvgIpc) is 2.97. The molecule has 2 N–H and O–H groups in total. The lowest BCUT2D eigenvalue weighted by atomic mass is 10.1. The summed E-state index contributed by atoms with van der Waals surface area (Å²) >= 11 is 1.47. The number of aryl methyl sites for hydroxylation is 1. The van der Waals surface area contributed by atoms with Gasteiger partial charge in [-0.05, 0) is 24.3 Å². The van der Waals surface area contributed by atoms with Gasteiger partial charge in [-0.3, -0.25) is 9.48 Å². The molecule has 0 spiro atoms. The van der Waals surface area contributed by atoms with Gasteiger partial charge in [0.2, 0.25) is 0 Å². The maximum absolute atomic E-state index is 12.2. The fraction of sp³-hybridized carbons (Fsp3) is 0.600. The Morgan fingerprint density at radius 1 is 1.48 bits per heavy atom. The van der Waals surface area contributed by atoms with Gasteiger partial charge < -0.3 is 10.4 Å². The van der Waals surface area contributed by atoms with Gasteiger partial charge in [-0.15, -0.1) is 11.3 Å². The monoisotopic (exact) mass is 309 g/mol. The summed E-state index contributed by atoms with van der Waals surface area (Å²) in [6.45, 7) is 6.97. The number of carbonyl (C=O) groups is 1. The molecule has 21 heavy (non-hydrogen) atoms. The van der Waals surface area contributed by atoms with Crippen molar-refractivity contribution < 1.29 is 9.90 Å². The van der Waals surface area contributed by atoms with Crippen LogP contribution in [0.4, 0.5) is 0 Å². The van der Waals surface area contributed by atoms with Gasteiger partial charge >= 0.3 is 0 Å². The summed E-state index contributed by atoms with van der Waals surface area (Å²) < 4.78 is 1.85. The zero-order valence-electron chi connectivity index (χ0n) is 13.0. The molecule has 1 unspecified atom stereocenters. The summed E-state index contributed by atoms with van der Waals surface area (Å²) in [6, 6.07) is 1.94. The van der Waals surface area contributed by atoms with E-state index >= 15 is 0 Å². The molecule has 0 aromatic carbocycles. The van der Waals surface area contributed by atoms with Crippen LogP contribution in [0.25, 0.3) is 10.2 Å². The molecule has 0 fully saturated rings. The largest absolute Gasteiger partial charge is 0.396 e. The normalized spacial score (nSPS) is 13.0. The molecule has 0 bridgehead atoms. The molecule has 0 aliphatic rings. The third-order valence-corrected chi connectivity index (χ3v) is 4.74. The summed E-state index contributed by atoms with van der Waals surface area (Å²) in [5, 5.41) is 17.4. The number of amides is 1. The van der Waals surface area contributed by atoms with Crippen LogP contribution in [0.2, 0.25) is 0 Å². The van der Waals surface area contributed by atoms with Crippen LogP contribution in [0.15, 0.2) is 6.07 Å². The molecule has 6 heteroatoms. The van der Waals surface area contributed by atoms with Crippen molar-refractivity contribution in [2.45, 2.75) is 33.1 Å². The summed E-state index contributed by atoms with van der Waals surface area (Å²) in [6.07, 6.45) is 0.702. The smallest absolute Gasteiger partial charge is 0.261 e. The van der Waals surface area contributed by atoms with Crippen molar-refractivity contribution in [3.8, 4) is 0 Å². The summed E-state index contributed by atoms with van der Waals surface area (Å²) in [7, 11) is 1.91. The molecular formula is C15H23N3O2S. The number of hydrogen-bond acceptors (Lipinski definition) is 4. The van der Waals surface area contributed by atoms with E-state index in [2.05, 4.69) is 24.3 Å². The third-order valence-electron chi connectivity index (χ3n) is 3.54. The van der Waals surface area contributed by atoms with Crippen molar-refractivity contribution in [2.75, 3.05) is 13.2 Å². The molecule has 0 radical (unpaired) electrons. The topological polar surface area (TPSA) is 67.2 Å². The quantitative estimate of drug-likeness (QED) is 0.861. The van der Waals surface area contributed by atoms with Crippen molar-refractivity contribution in [3.05, 3.63) is 16.6 Å². The predicted molar refractivity (Wildman–Crippen MR) is 85.9 cm³/mol. The van der Waals surface area contributed by atoms with E-state index in [-0.39, 0.29) is 18.4 Å². The van der Waals surface area contributed by atoms with E-state index in [1.54, 1.807) is 0 Å². The zero-order valence-corrected chi connectivity index (χ0v) is 13.8. The highest BCUT2D eigenvalue weighted by Gasteiger charge is 2.18. The van der Waals surface area contributed by atoms with Gasteiger partial charge in [0.05, 0.1) is 10.6 Å². The summed E-state index contributed by atoms with van der Waals surface area (Å²) in [5.74, 6) is 0.570. The maximum Gasteiger partial charge on any atom is 0.261 e. The summed E-state index contributed by atoms with van der Waals surface area (Å²) in [5.41, 5.74) is 1.04. The van der Waals surface area contributed by atoms with Crippen LogP contribution in [0, 0.1) is 5.92 Å². The molecule has 1 atom stereocenters.